The zero-order chi connectivity index (χ0) is 12.3. The van der Waals surface area contributed by atoms with Gasteiger partial charge in [-0.15, -0.1) is 0 Å². The lowest BCUT2D eigenvalue weighted by Crippen LogP contribution is -2.29. The maximum absolute atomic E-state index is 11.9. The van der Waals surface area contributed by atoms with Gasteiger partial charge in [0.15, 0.2) is 0 Å². The highest BCUT2D eigenvalue weighted by atomic mass is 16.6. The Morgan fingerprint density at radius 2 is 2.06 bits per heavy atom. The van der Waals surface area contributed by atoms with Crippen LogP contribution in [0.2, 0.25) is 0 Å². The van der Waals surface area contributed by atoms with Crippen molar-refractivity contribution in [2.24, 2.45) is 5.92 Å². The molecule has 4 nitrogen and oxygen atoms in total. The van der Waals surface area contributed by atoms with Gasteiger partial charge < -0.3 is 14.2 Å². The number of carbonyl (C=O) groups is 1. The average molecular weight is 240 g/mol. The van der Waals surface area contributed by atoms with Crippen molar-refractivity contribution in [1.82, 2.24) is 0 Å². The lowest BCUT2D eigenvalue weighted by Gasteiger charge is -2.20. The molecule has 2 heterocycles. The minimum Gasteiger partial charge on any atom is -0.463 e. The standard InChI is InChI=1S/C13H20O4/c1-12(2)10(16-12)7-15-11(14)8-4-5-13(3)9(6-8)17-13/h8-10H,4-7H2,1-3H3. The first-order chi connectivity index (χ1) is 7.91. The Balaban J connectivity index is 1.44. The van der Waals surface area contributed by atoms with E-state index >= 15 is 0 Å². The second kappa shape index (κ2) is 3.45. The van der Waals surface area contributed by atoms with Crippen molar-refractivity contribution in [3.8, 4) is 0 Å². The SMILES string of the molecule is CC1(C)OC1COC(=O)C1CCC2(C)OC2C1. The third-order valence-electron chi connectivity index (χ3n) is 4.40. The highest BCUT2D eigenvalue weighted by Gasteiger charge is 2.56. The van der Waals surface area contributed by atoms with Gasteiger partial charge in [0.25, 0.3) is 0 Å². The van der Waals surface area contributed by atoms with Gasteiger partial charge in [0.05, 0.1) is 23.2 Å². The monoisotopic (exact) mass is 240 g/mol. The molecule has 1 aliphatic carbocycles. The predicted octanol–water partition coefficient (Wildman–Crippen LogP) is 1.66. The average Bonchev–Trinajstić information content (AvgIpc) is 3.09. The molecule has 4 heteroatoms. The number of esters is 1. The predicted molar refractivity (Wildman–Crippen MR) is 60.5 cm³/mol. The third-order valence-corrected chi connectivity index (χ3v) is 4.40. The molecule has 0 N–H and O–H groups in total. The highest BCUT2D eigenvalue weighted by Crippen LogP contribution is 2.49. The number of ether oxygens (including phenoxy) is 3. The quantitative estimate of drug-likeness (QED) is 0.556. The Morgan fingerprint density at radius 3 is 2.65 bits per heavy atom. The topological polar surface area (TPSA) is 51.4 Å². The molecule has 4 atom stereocenters. The Bertz CT molecular complexity index is 351. The van der Waals surface area contributed by atoms with Gasteiger partial charge in [-0.05, 0) is 40.0 Å². The molecule has 3 rings (SSSR count). The third kappa shape index (κ3) is 2.08. The van der Waals surface area contributed by atoms with Crippen molar-refractivity contribution in [3.05, 3.63) is 0 Å². The summed E-state index contributed by atoms with van der Waals surface area (Å²) < 4.78 is 16.3. The Morgan fingerprint density at radius 1 is 1.35 bits per heavy atom. The minimum absolute atomic E-state index is 0.0254. The van der Waals surface area contributed by atoms with E-state index in [1.165, 1.54) is 0 Å². The van der Waals surface area contributed by atoms with Gasteiger partial charge in [0.2, 0.25) is 0 Å². The molecule has 0 bridgehead atoms. The van der Waals surface area contributed by atoms with Crippen LogP contribution in [0.5, 0.6) is 0 Å². The van der Waals surface area contributed by atoms with Crippen LogP contribution in [0.4, 0.5) is 0 Å². The summed E-state index contributed by atoms with van der Waals surface area (Å²) in [5, 5.41) is 0. The van der Waals surface area contributed by atoms with E-state index in [9.17, 15) is 4.79 Å². The van der Waals surface area contributed by atoms with Crippen molar-refractivity contribution in [2.75, 3.05) is 6.61 Å². The molecule has 2 saturated heterocycles. The summed E-state index contributed by atoms with van der Waals surface area (Å²) in [5.74, 6) is -0.0497. The van der Waals surface area contributed by atoms with Crippen LogP contribution in [0.3, 0.4) is 0 Å². The summed E-state index contributed by atoms with van der Waals surface area (Å²) >= 11 is 0. The number of epoxide rings is 2. The number of carbonyl (C=O) groups excluding carboxylic acids is 1. The first-order valence-electron chi connectivity index (χ1n) is 6.43. The first kappa shape index (κ1) is 11.5. The number of hydrogen-bond donors (Lipinski definition) is 0. The van der Waals surface area contributed by atoms with E-state index in [1.54, 1.807) is 0 Å². The van der Waals surface area contributed by atoms with Crippen LogP contribution < -0.4 is 0 Å². The fraction of sp³-hybridized carbons (Fsp3) is 0.923. The van der Waals surface area contributed by atoms with Gasteiger partial charge in [-0.1, -0.05) is 0 Å². The first-order valence-corrected chi connectivity index (χ1v) is 6.43. The largest absolute Gasteiger partial charge is 0.463 e. The molecule has 96 valence electrons. The molecule has 2 aliphatic heterocycles. The van der Waals surface area contributed by atoms with Crippen LogP contribution in [0.15, 0.2) is 0 Å². The molecular formula is C13H20O4. The van der Waals surface area contributed by atoms with E-state index in [4.69, 9.17) is 14.2 Å². The van der Waals surface area contributed by atoms with Crippen LogP contribution in [-0.2, 0) is 19.0 Å². The van der Waals surface area contributed by atoms with E-state index in [-0.39, 0.29) is 35.3 Å². The number of hydrogen-bond acceptors (Lipinski definition) is 4. The summed E-state index contributed by atoms with van der Waals surface area (Å²) in [5.41, 5.74) is -0.0383. The molecule has 0 aromatic carbocycles. The van der Waals surface area contributed by atoms with Crippen molar-refractivity contribution in [2.45, 2.75) is 63.4 Å². The molecule has 0 spiro atoms. The lowest BCUT2D eigenvalue weighted by atomic mass is 9.83. The van der Waals surface area contributed by atoms with E-state index in [1.807, 2.05) is 13.8 Å². The van der Waals surface area contributed by atoms with E-state index in [0.717, 1.165) is 19.3 Å². The summed E-state index contributed by atoms with van der Waals surface area (Å²) in [6, 6.07) is 0. The fourth-order valence-corrected chi connectivity index (χ4v) is 2.70. The molecule has 0 radical (unpaired) electrons. The van der Waals surface area contributed by atoms with E-state index in [0.29, 0.717) is 6.61 Å². The minimum atomic E-state index is -0.106. The molecule has 0 aromatic heterocycles. The van der Waals surface area contributed by atoms with Gasteiger partial charge in [-0.2, -0.15) is 0 Å². The molecule has 3 aliphatic rings. The lowest BCUT2D eigenvalue weighted by molar-refractivity contribution is -0.150. The van der Waals surface area contributed by atoms with E-state index in [2.05, 4.69) is 6.92 Å². The zero-order valence-corrected chi connectivity index (χ0v) is 10.7. The van der Waals surface area contributed by atoms with Gasteiger partial charge in [0, 0.05) is 0 Å². The van der Waals surface area contributed by atoms with Crippen LogP contribution in [0, 0.1) is 5.92 Å². The van der Waals surface area contributed by atoms with Gasteiger partial charge in [-0.25, -0.2) is 0 Å². The Kier molecular flexibility index (Phi) is 2.33. The molecule has 3 fully saturated rings. The maximum atomic E-state index is 11.9. The summed E-state index contributed by atoms with van der Waals surface area (Å²) in [7, 11) is 0. The van der Waals surface area contributed by atoms with E-state index < -0.39 is 0 Å². The normalized spacial score (nSPS) is 45.9. The molecule has 17 heavy (non-hydrogen) atoms. The smallest absolute Gasteiger partial charge is 0.309 e. The molecular weight excluding hydrogens is 220 g/mol. The Labute approximate surface area is 102 Å². The van der Waals surface area contributed by atoms with Crippen molar-refractivity contribution < 1.29 is 19.0 Å². The molecule has 0 amide bonds. The fourth-order valence-electron chi connectivity index (χ4n) is 2.70. The van der Waals surface area contributed by atoms with Crippen molar-refractivity contribution in [3.63, 3.8) is 0 Å². The number of fused-ring (bicyclic) bond motifs is 1. The van der Waals surface area contributed by atoms with Crippen LogP contribution in [-0.4, -0.2) is 36.0 Å². The van der Waals surface area contributed by atoms with Crippen LogP contribution in [0.25, 0.3) is 0 Å². The van der Waals surface area contributed by atoms with Gasteiger partial charge >= 0.3 is 5.97 Å². The molecule has 4 unspecified atom stereocenters. The number of rotatable bonds is 3. The molecule has 1 saturated carbocycles. The second-order valence-corrected chi connectivity index (χ2v) is 6.23. The van der Waals surface area contributed by atoms with Crippen LogP contribution in [0.1, 0.15) is 40.0 Å². The summed E-state index contributed by atoms with van der Waals surface area (Å²) in [4.78, 5) is 11.9. The summed E-state index contributed by atoms with van der Waals surface area (Å²) in [6.07, 6.45) is 3.05. The zero-order valence-electron chi connectivity index (χ0n) is 10.7. The molecule has 0 aromatic rings. The van der Waals surface area contributed by atoms with Crippen molar-refractivity contribution >= 4 is 5.97 Å². The second-order valence-electron chi connectivity index (χ2n) is 6.23. The highest BCUT2D eigenvalue weighted by molar-refractivity contribution is 5.72. The maximum Gasteiger partial charge on any atom is 0.309 e. The Hall–Kier alpha value is -0.610. The van der Waals surface area contributed by atoms with Gasteiger partial charge in [-0.3, -0.25) is 4.79 Å². The van der Waals surface area contributed by atoms with Crippen LogP contribution >= 0.6 is 0 Å². The van der Waals surface area contributed by atoms with Crippen molar-refractivity contribution in [1.29, 1.82) is 0 Å². The summed E-state index contributed by atoms with van der Waals surface area (Å²) in [6.45, 7) is 6.54. The van der Waals surface area contributed by atoms with Gasteiger partial charge in [0.1, 0.15) is 12.7 Å².